The van der Waals surface area contributed by atoms with Crippen molar-refractivity contribution >= 4 is 33.5 Å². The van der Waals surface area contributed by atoms with Gasteiger partial charge in [-0.3, -0.25) is 14.2 Å². The molecule has 2 N–H and O–H groups in total. The molecule has 4 rings (SSSR count). The molecule has 0 atom stereocenters. The highest BCUT2D eigenvalue weighted by atomic mass is 19.1. The number of carbonyl (C=O) groups is 1. The van der Waals surface area contributed by atoms with Gasteiger partial charge in [0.2, 0.25) is 5.91 Å². The van der Waals surface area contributed by atoms with E-state index in [9.17, 15) is 14.0 Å². The highest BCUT2D eigenvalue weighted by Crippen LogP contribution is 2.22. The van der Waals surface area contributed by atoms with Crippen LogP contribution in [0, 0.1) is 19.7 Å². The van der Waals surface area contributed by atoms with Crippen molar-refractivity contribution in [3.8, 4) is 0 Å². The number of hydrogen-bond acceptors (Lipinski definition) is 3. The van der Waals surface area contributed by atoms with Crippen molar-refractivity contribution in [2.45, 2.75) is 26.8 Å². The Balaban J connectivity index is 1.54. The lowest BCUT2D eigenvalue weighted by Crippen LogP contribution is -2.23. The maximum atomic E-state index is 13.3. The summed E-state index contributed by atoms with van der Waals surface area (Å²) in [6.07, 6.45) is 1.57. The van der Waals surface area contributed by atoms with Gasteiger partial charge in [0.15, 0.2) is 0 Å². The number of carbonyl (C=O) groups excluding carboxylic acids is 1. The van der Waals surface area contributed by atoms with E-state index in [1.54, 1.807) is 13.0 Å². The summed E-state index contributed by atoms with van der Waals surface area (Å²) in [4.78, 5) is 32.5. The summed E-state index contributed by atoms with van der Waals surface area (Å²) in [5, 5.41) is 3.62. The molecule has 2 heterocycles. The molecule has 0 bridgehead atoms. The van der Waals surface area contributed by atoms with Crippen LogP contribution in [0.4, 0.5) is 10.1 Å². The van der Waals surface area contributed by atoms with Crippen LogP contribution in [0.15, 0.2) is 47.5 Å². The molecule has 2 aromatic heterocycles. The molecule has 6 nitrogen and oxygen atoms in total. The number of aryl methyl sites for hydroxylation is 3. The zero-order chi connectivity index (χ0) is 19.8. The van der Waals surface area contributed by atoms with Crippen molar-refractivity contribution in [3.05, 3.63) is 70.0 Å². The fraction of sp³-hybridized carbons (Fsp3) is 0.190. The second kappa shape index (κ2) is 6.92. The normalized spacial score (nSPS) is 11.2. The number of fused-ring (bicyclic) bond motifs is 3. The number of halogens is 1. The van der Waals surface area contributed by atoms with E-state index < -0.39 is 0 Å². The van der Waals surface area contributed by atoms with Crippen LogP contribution >= 0.6 is 0 Å². The number of H-pyrrole nitrogens is 1. The van der Waals surface area contributed by atoms with Gasteiger partial charge in [0, 0.05) is 29.6 Å². The highest BCUT2D eigenvalue weighted by molar-refractivity contribution is 6.04. The third-order valence-corrected chi connectivity index (χ3v) is 4.75. The molecule has 0 aliphatic carbocycles. The number of nitrogens with zero attached hydrogens (tertiary/aromatic N) is 2. The maximum absolute atomic E-state index is 13.3. The molecule has 0 saturated carbocycles. The number of amides is 1. The van der Waals surface area contributed by atoms with Crippen molar-refractivity contribution < 1.29 is 9.18 Å². The van der Waals surface area contributed by atoms with Gasteiger partial charge in [-0.2, -0.15) is 0 Å². The molecule has 4 aromatic rings. The van der Waals surface area contributed by atoms with Crippen molar-refractivity contribution in [1.29, 1.82) is 0 Å². The Kier molecular flexibility index (Phi) is 4.43. The lowest BCUT2D eigenvalue weighted by molar-refractivity contribution is -0.116. The summed E-state index contributed by atoms with van der Waals surface area (Å²) in [6.45, 7) is 3.82. The minimum Gasteiger partial charge on any atom is -0.349 e. The topological polar surface area (TPSA) is 79.8 Å². The van der Waals surface area contributed by atoms with E-state index in [-0.39, 0.29) is 30.2 Å². The Morgan fingerprint density at radius 2 is 2.04 bits per heavy atom. The molecule has 0 aliphatic rings. The highest BCUT2D eigenvalue weighted by Gasteiger charge is 2.12. The smallest absolute Gasteiger partial charge is 0.277 e. The lowest BCUT2D eigenvalue weighted by Gasteiger charge is -2.08. The monoisotopic (exact) mass is 378 g/mol. The fourth-order valence-electron chi connectivity index (χ4n) is 3.23. The summed E-state index contributed by atoms with van der Waals surface area (Å²) < 4.78 is 14.7. The third-order valence-electron chi connectivity index (χ3n) is 4.75. The zero-order valence-corrected chi connectivity index (χ0v) is 15.5. The Bertz CT molecular complexity index is 1270. The molecule has 142 valence electrons. The van der Waals surface area contributed by atoms with E-state index in [1.165, 1.54) is 23.0 Å². The predicted octanol–water partition coefficient (Wildman–Crippen LogP) is 3.66. The molecule has 7 heteroatoms. The van der Waals surface area contributed by atoms with Gasteiger partial charge in [-0.25, -0.2) is 9.37 Å². The second-order valence-electron chi connectivity index (χ2n) is 6.90. The van der Waals surface area contributed by atoms with Crippen LogP contribution in [0.25, 0.3) is 21.9 Å². The van der Waals surface area contributed by atoms with Crippen LogP contribution in [0.2, 0.25) is 0 Å². The van der Waals surface area contributed by atoms with Crippen LogP contribution in [0.5, 0.6) is 0 Å². The first-order chi connectivity index (χ1) is 13.4. The lowest BCUT2D eigenvalue weighted by atomic mass is 10.2. The van der Waals surface area contributed by atoms with Crippen molar-refractivity contribution in [3.63, 3.8) is 0 Å². The summed E-state index contributed by atoms with van der Waals surface area (Å²) in [5.41, 5.74) is 3.76. The Hall–Kier alpha value is -3.48. The molecule has 0 aliphatic heterocycles. The first kappa shape index (κ1) is 17.9. The molecule has 0 fully saturated rings. The van der Waals surface area contributed by atoms with Crippen molar-refractivity contribution in [2.75, 3.05) is 5.32 Å². The summed E-state index contributed by atoms with van der Waals surface area (Å²) >= 11 is 0. The number of hydrogen-bond donors (Lipinski definition) is 2. The molecule has 0 radical (unpaired) electrons. The van der Waals surface area contributed by atoms with Crippen LogP contribution in [-0.2, 0) is 11.3 Å². The number of aromatic nitrogens is 3. The molecular formula is C21H19FN4O2. The maximum Gasteiger partial charge on any atom is 0.277 e. The van der Waals surface area contributed by atoms with Gasteiger partial charge in [-0.15, -0.1) is 0 Å². The SMILES string of the molecule is Cc1ccc2[nH]c3c(=O)n(CCC(=O)Nc4ccc(F)c(C)c4)cnc3c2c1. The van der Waals surface area contributed by atoms with E-state index in [1.807, 2.05) is 25.1 Å². The number of rotatable bonds is 4. The van der Waals surface area contributed by atoms with E-state index >= 15 is 0 Å². The van der Waals surface area contributed by atoms with E-state index in [2.05, 4.69) is 15.3 Å². The quantitative estimate of drug-likeness (QED) is 0.569. The van der Waals surface area contributed by atoms with Crippen LogP contribution < -0.4 is 10.9 Å². The number of benzene rings is 2. The summed E-state index contributed by atoms with van der Waals surface area (Å²) in [7, 11) is 0. The predicted molar refractivity (Wildman–Crippen MR) is 107 cm³/mol. The molecule has 0 saturated heterocycles. The largest absolute Gasteiger partial charge is 0.349 e. The van der Waals surface area contributed by atoms with E-state index in [0.29, 0.717) is 22.3 Å². The van der Waals surface area contributed by atoms with E-state index in [0.717, 1.165) is 16.5 Å². The zero-order valence-electron chi connectivity index (χ0n) is 15.5. The van der Waals surface area contributed by atoms with Gasteiger partial charge < -0.3 is 10.3 Å². The molecule has 0 spiro atoms. The van der Waals surface area contributed by atoms with Crippen LogP contribution in [0.3, 0.4) is 0 Å². The Morgan fingerprint density at radius 3 is 2.82 bits per heavy atom. The minimum atomic E-state index is -0.322. The average Bonchev–Trinajstić information content (AvgIpc) is 3.03. The van der Waals surface area contributed by atoms with Gasteiger partial charge in [0.25, 0.3) is 5.56 Å². The number of aromatic amines is 1. The summed E-state index contributed by atoms with van der Waals surface area (Å²) in [5.74, 6) is -0.581. The molecule has 2 aromatic carbocycles. The number of nitrogens with one attached hydrogen (secondary N) is 2. The Labute approximate surface area is 160 Å². The third kappa shape index (κ3) is 3.26. The Morgan fingerprint density at radius 1 is 1.21 bits per heavy atom. The number of anilines is 1. The average molecular weight is 378 g/mol. The van der Waals surface area contributed by atoms with Gasteiger partial charge in [0.1, 0.15) is 16.9 Å². The first-order valence-corrected chi connectivity index (χ1v) is 8.96. The molecule has 0 unspecified atom stereocenters. The van der Waals surface area contributed by atoms with Gasteiger partial charge in [-0.1, -0.05) is 11.6 Å². The van der Waals surface area contributed by atoms with Crippen molar-refractivity contribution in [1.82, 2.24) is 14.5 Å². The second-order valence-corrected chi connectivity index (χ2v) is 6.90. The van der Waals surface area contributed by atoms with Crippen LogP contribution in [0.1, 0.15) is 17.5 Å². The van der Waals surface area contributed by atoms with E-state index in [4.69, 9.17) is 0 Å². The molecular weight excluding hydrogens is 359 g/mol. The van der Waals surface area contributed by atoms with Crippen LogP contribution in [-0.4, -0.2) is 20.4 Å². The van der Waals surface area contributed by atoms with Gasteiger partial charge >= 0.3 is 0 Å². The first-order valence-electron chi connectivity index (χ1n) is 8.96. The van der Waals surface area contributed by atoms with Gasteiger partial charge in [0.05, 0.1) is 6.33 Å². The summed E-state index contributed by atoms with van der Waals surface area (Å²) in [6, 6.07) is 10.3. The van der Waals surface area contributed by atoms with Crippen molar-refractivity contribution in [2.24, 2.45) is 0 Å². The minimum absolute atomic E-state index is 0.100. The fourth-order valence-corrected chi connectivity index (χ4v) is 3.23. The molecule has 28 heavy (non-hydrogen) atoms. The van der Waals surface area contributed by atoms with Gasteiger partial charge in [-0.05, 0) is 49.7 Å². The standard InChI is InChI=1S/C21H19FN4O2/c1-12-3-6-17-15(9-12)19-20(25-17)21(28)26(11-23-19)8-7-18(27)24-14-4-5-16(22)13(2)10-14/h3-6,9-11,25H,7-8H2,1-2H3,(H,24,27). The molecule has 1 amide bonds.